The minimum atomic E-state index is 0.316. The number of hydrogen-bond donors (Lipinski definition) is 2. The van der Waals surface area contributed by atoms with Crippen LogP contribution < -0.4 is 10.6 Å². The second-order valence-corrected chi connectivity index (χ2v) is 7.67. The lowest BCUT2D eigenvalue weighted by Crippen LogP contribution is -2.41. The third-order valence-electron chi connectivity index (χ3n) is 4.92. The average molecular weight is 314 g/mol. The number of hydrogen-bond acceptors (Lipinski definition) is 3. The van der Waals surface area contributed by atoms with Crippen LogP contribution in [0, 0.1) is 5.92 Å². The number of allylic oxidation sites excluding steroid dienone is 1. The van der Waals surface area contributed by atoms with E-state index in [4.69, 9.17) is 0 Å². The number of benzene rings is 1. The van der Waals surface area contributed by atoms with Crippen LogP contribution in [0.15, 0.2) is 42.2 Å². The Morgan fingerprint density at radius 2 is 2.09 bits per heavy atom. The van der Waals surface area contributed by atoms with E-state index < -0.39 is 0 Å². The van der Waals surface area contributed by atoms with Crippen LogP contribution in [0.2, 0.25) is 0 Å². The highest BCUT2D eigenvalue weighted by Crippen LogP contribution is 2.34. The van der Waals surface area contributed by atoms with E-state index in [0.29, 0.717) is 12.1 Å². The monoisotopic (exact) mass is 314 g/mol. The van der Waals surface area contributed by atoms with E-state index in [2.05, 4.69) is 62.2 Å². The van der Waals surface area contributed by atoms with Gasteiger partial charge in [-0.05, 0) is 54.2 Å². The smallest absolute Gasteiger partial charge is 0.0919 e. The first kappa shape index (κ1) is 15.5. The lowest BCUT2D eigenvalue weighted by molar-refractivity contribution is 0.469. The molecular formula is C19H26N2S. The molecule has 0 saturated carbocycles. The third-order valence-corrected chi connectivity index (χ3v) is 6.28. The van der Waals surface area contributed by atoms with Crippen LogP contribution >= 0.6 is 11.8 Å². The molecule has 3 unspecified atom stereocenters. The molecule has 1 aromatic rings. The molecule has 1 aliphatic heterocycles. The first-order chi connectivity index (χ1) is 10.6. The molecule has 3 atom stereocenters. The van der Waals surface area contributed by atoms with E-state index in [1.807, 2.05) is 11.8 Å². The molecular weight excluding hydrogens is 288 g/mol. The van der Waals surface area contributed by atoms with Crippen molar-refractivity contribution in [2.24, 2.45) is 5.92 Å². The summed E-state index contributed by atoms with van der Waals surface area (Å²) in [6, 6.07) is 9.60. The summed E-state index contributed by atoms with van der Waals surface area (Å²) in [5, 5.41) is 7.13. The average Bonchev–Trinajstić information content (AvgIpc) is 3.04. The maximum absolute atomic E-state index is 4.18. The summed E-state index contributed by atoms with van der Waals surface area (Å²) in [7, 11) is 0. The normalized spacial score (nSPS) is 25.0. The summed E-state index contributed by atoms with van der Waals surface area (Å²) < 4.78 is 0. The summed E-state index contributed by atoms with van der Waals surface area (Å²) in [5.41, 5.74) is 5.76. The van der Waals surface area contributed by atoms with Crippen molar-refractivity contribution in [3.05, 3.63) is 53.4 Å². The Morgan fingerprint density at radius 1 is 1.32 bits per heavy atom. The minimum absolute atomic E-state index is 0.316. The Morgan fingerprint density at radius 3 is 2.77 bits per heavy atom. The summed E-state index contributed by atoms with van der Waals surface area (Å²) in [6.45, 7) is 11.0. The van der Waals surface area contributed by atoms with Crippen molar-refractivity contribution in [3.63, 3.8) is 0 Å². The highest BCUT2D eigenvalue weighted by molar-refractivity contribution is 7.99. The zero-order valence-corrected chi connectivity index (χ0v) is 14.6. The Balaban J connectivity index is 1.62. The molecule has 3 rings (SSSR count). The van der Waals surface area contributed by atoms with Gasteiger partial charge in [-0.15, -0.1) is 0 Å². The molecule has 1 saturated heterocycles. The van der Waals surface area contributed by atoms with Gasteiger partial charge in [-0.1, -0.05) is 37.8 Å². The summed E-state index contributed by atoms with van der Waals surface area (Å²) in [6.07, 6.45) is 1.05. The molecule has 0 aromatic heterocycles. The lowest BCUT2D eigenvalue weighted by atomic mass is 10.0. The largest absolute Gasteiger partial charge is 0.369 e. The van der Waals surface area contributed by atoms with E-state index in [0.717, 1.165) is 18.2 Å². The molecule has 3 heteroatoms. The SMILES string of the molecule is C=C(NC(C)C1=C(C)c2ccccc2C1)NC1CSCC1C. The number of fused-ring (bicyclic) bond motifs is 1. The van der Waals surface area contributed by atoms with Crippen LogP contribution in [0.4, 0.5) is 0 Å². The van der Waals surface area contributed by atoms with Crippen LogP contribution in [0.25, 0.3) is 5.57 Å². The maximum Gasteiger partial charge on any atom is 0.0919 e. The summed E-state index contributed by atoms with van der Waals surface area (Å²) in [5.74, 6) is 4.11. The van der Waals surface area contributed by atoms with Crippen LogP contribution in [-0.4, -0.2) is 23.6 Å². The van der Waals surface area contributed by atoms with Crippen molar-refractivity contribution in [1.29, 1.82) is 0 Å². The van der Waals surface area contributed by atoms with Crippen LogP contribution in [0.1, 0.15) is 31.9 Å². The number of rotatable bonds is 5. The van der Waals surface area contributed by atoms with Crippen molar-refractivity contribution in [2.45, 2.75) is 39.3 Å². The third kappa shape index (κ3) is 3.05. The molecule has 2 nitrogen and oxygen atoms in total. The van der Waals surface area contributed by atoms with E-state index in [1.54, 1.807) is 0 Å². The van der Waals surface area contributed by atoms with Gasteiger partial charge in [0.2, 0.25) is 0 Å². The van der Waals surface area contributed by atoms with Crippen LogP contribution in [-0.2, 0) is 6.42 Å². The van der Waals surface area contributed by atoms with Crippen molar-refractivity contribution in [3.8, 4) is 0 Å². The Hall–Kier alpha value is -1.35. The molecule has 1 heterocycles. The first-order valence-electron chi connectivity index (χ1n) is 8.14. The van der Waals surface area contributed by atoms with Gasteiger partial charge in [0.25, 0.3) is 0 Å². The van der Waals surface area contributed by atoms with Gasteiger partial charge >= 0.3 is 0 Å². The molecule has 2 aliphatic rings. The highest BCUT2D eigenvalue weighted by atomic mass is 32.2. The predicted octanol–water partition coefficient (Wildman–Crippen LogP) is 3.81. The van der Waals surface area contributed by atoms with Crippen molar-refractivity contribution in [1.82, 2.24) is 10.6 Å². The molecule has 0 radical (unpaired) electrons. The van der Waals surface area contributed by atoms with E-state index >= 15 is 0 Å². The molecule has 0 amide bonds. The lowest BCUT2D eigenvalue weighted by Gasteiger charge is -2.24. The van der Waals surface area contributed by atoms with Gasteiger partial charge in [0.15, 0.2) is 0 Å². The number of nitrogens with one attached hydrogen (secondary N) is 2. The second kappa shape index (κ2) is 6.41. The fourth-order valence-electron chi connectivity index (χ4n) is 3.49. The topological polar surface area (TPSA) is 24.1 Å². The van der Waals surface area contributed by atoms with E-state index in [9.17, 15) is 0 Å². The molecule has 0 bridgehead atoms. The van der Waals surface area contributed by atoms with Gasteiger partial charge in [-0.3, -0.25) is 0 Å². The Labute approximate surface area is 138 Å². The highest BCUT2D eigenvalue weighted by Gasteiger charge is 2.25. The van der Waals surface area contributed by atoms with Crippen molar-refractivity contribution >= 4 is 17.3 Å². The van der Waals surface area contributed by atoms with Crippen LogP contribution in [0.5, 0.6) is 0 Å². The fraction of sp³-hybridized carbons (Fsp3) is 0.474. The Kier molecular flexibility index (Phi) is 4.53. The number of thioether (sulfide) groups is 1. The summed E-state index contributed by atoms with van der Waals surface area (Å²) in [4.78, 5) is 0. The first-order valence-corrected chi connectivity index (χ1v) is 9.29. The van der Waals surface area contributed by atoms with E-state index in [1.165, 1.54) is 33.8 Å². The van der Waals surface area contributed by atoms with Gasteiger partial charge < -0.3 is 10.6 Å². The van der Waals surface area contributed by atoms with Gasteiger partial charge in [-0.25, -0.2) is 0 Å². The second-order valence-electron chi connectivity index (χ2n) is 6.59. The van der Waals surface area contributed by atoms with Crippen molar-refractivity contribution in [2.75, 3.05) is 11.5 Å². The predicted molar refractivity (Wildman–Crippen MR) is 97.9 cm³/mol. The molecule has 1 aromatic carbocycles. The van der Waals surface area contributed by atoms with Crippen LogP contribution in [0.3, 0.4) is 0 Å². The van der Waals surface area contributed by atoms with Gasteiger partial charge in [-0.2, -0.15) is 11.8 Å². The maximum atomic E-state index is 4.18. The zero-order chi connectivity index (χ0) is 15.7. The molecule has 1 aliphatic carbocycles. The van der Waals surface area contributed by atoms with Gasteiger partial charge in [0, 0.05) is 17.8 Å². The quantitative estimate of drug-likeness (QED) is 0.864. The zero-order valence-electron chi connectivity index (χ0n) is 13.8. The Bertz CT molecular complexity index is 605. The molecule has 1 fully saturated rings. The fourth-order valence-corrected chi connectivity index (χ4v) is 4.89. The van der Waals surface area contributed by atoms with Crippen molar-refractivity contribution < 1.29 is 0 Å². The minimum Gasteiger partial charge on any atom is -0.369 e. The molecule has 0 spiro atoms. The van der Waals surface area contributed by atoms with Gasteiger partial charge in [0.1, 0.15) is 0 Å². The summed E-state index contributed by atoms with van der Waals surface area (Å²) >= 11 is 2.03. The molecule has 2 N–H and O–H groups in total. The molecule has 118 valence electrons. The van der Waals surface area contributed by atoms with Gasteiger partial charge in [0.05, 0.1) is 5.82 Å². The standard InChI is InChI=1S/C19H26N2S/c1-12-10-22-11-19(12)21-15(4)20-14(3)18-9-16-7-5-6-8-17(16)13(18)2/h5-8,12,14,19-21H,4,9-11H2,1-3H3. The van der Waals surface area contributed by atoms with E-state index in [-0.39, 0.29) is 0 Å². The molecule has 22 heavy (non-hydrogen) atoms.